The lowest BCUT2D eigenvalue weighted by Crippen LogP contribution is -2.34. The maximum absolute atomic E-state index is 12.0. The van der Waals surface area contributed by atoms with E-state index in [2.05, 4.69) is 10.2 Å². The number of aromatic nitrogens is 3. The average Bonchev–Trinajstić information content (AvgIpc) is 3.12. The summed E-state index contributed by atoms with van der Waals surface area (Å²) in [5.74, 6) is -0.681. The normalized spacial score (nSPS) is 11.7. The molecule has 0 fully saturated rings. The zero-order valence-corrected chi connectivity index (χ0v) is 13.4. The fraction of sp³-hybridized carbons (Fsp3) is 0.125. The molecule has 0 amide bonds. The maximum atomic E-state index is 12.0. The minimum absolute atomic E-state index is 0.0279. The molecule has 0 bridgehead atoms. The monoisotopic (exact) mass is 356 g/mol. The summed E-state index contributed by atoms with van der Waals surface area (Å²) in [6, 6.07) is 9.91. The molecule has 2 heterocycles. The van der Waals surface area contributed by atoms with Gasteiger partial charge in [0.25, 0.3) is 11.6 Å². The molecule has 0 spiro atoms. The highest BCUT2D eigenvalue weighted by Crippen LogP contribution is 2.24. The zero-order valence-electron chi connectivity index (χ0n) is 13.4. The number of carbonyl (C=O) groups excluding carboxylic acids is 1. The van der Waals surface area contributed by atoms with Crippen LogP contribution in [-0.2, 0) is 4.74 Å². The lowest BCUT2D eigenvalue weighted by Gasteiger charge is -2.08. The lowest BCUT2D eigenvalue weighted by molar-refractivity contribution is -0.608. The average molecular weight is 356 g/mol. The summed E-state index contributed by atoms with van der Waals surface area (Å²) in [5.41, 5.74) is 0.243. The predicted molar refractivity (Wildman–Crippen MR) is 85.6 cm³/mol. The van der Waals surface area contributed by atoms with Crippen molar-refractivity contribution < 1.29 is 23.6 Å². The second-order valence-corrected chi connectivity index (χ2v) is 5.21. The Balaban J connectivity index is 1.73. The number of carbonyl (C=O) groups is 1. The Kier molecular flexibility index (Phi) is 4.56. The van der Waals surface area contributed by atoms with E-state index in [1.54, 1.807) is 0 Å². The smallest absolute Gasteiger partial charge is 0.405 e. The third-order valence-corrected chi connectivity index (χ3v) is 3.43. The van der Waals surface area contributed by atoms with Gasteiger partial charge in [0.1, 0.15) is 0 Å². The molecule has 0 saturated carbocycles. The molecule has 0 radical (unpaired) electrons. The van der Waals surface area contributed by atoms with Crippen LogP contribution < -0.4 is 4.73 Å². The second kappa shape index (κ2) is 6.97. The van der Waals surface area contributed by atoms with Crippen LogP contribution in [0.3, 0.4) is 0 Å². The van der Waals surface area contributed by atoms with E-state index in [0.717, 1.165) is 0 Å². The van der Waals surface area contributed by atoms with E-state index in [9.17, 15) is 20.1 Å². The molecule has 1 aromatic carbocycles. The van der Waals surface area contributed by atoms with Crippen LogP contribution in [0.15, 0.2) is 53.1 Å². The van der Waals surface area contributed by atoms with E-state index in [4.69, 9.17) is 9.15 Å². The molecular formula is C16H12N4O6. The Morgan fingerprint density at radius 3 is 2.62 bits per heavy atom. The third-order valence-electron chi connectivity index (χ3n) is 3.43. The van der Waals surface area contributed by atoms with Crippen LogP contribution in [0.25, 0.3) is 11.5 Å². The van der Waals surface area contributed by atoms with E-state index >= 15 is 0 Å². The van der Waals surface area contributed by atoms with Crippen LogP contribution in [0.1, 0.15) is 29.4 Å². The molecule has 10 nitrogen and oxygen atoms in total. The number of hydrogen-bond acceptors (Lipinski definition) is 8. The largest absolute Gasteiger partial charge is 0.618 e. The van der Waals surface area contributed by atoms with Crippen LogP contribution in [0.4, 0.5) is 5.69 Å². The van der Waals surface area contributed by atoms with Crippen molar-refractivity contribution in [2.45, 2.75) is 13.0 Å². The minimum Gasteiger partial charge on any atom is -0.618 e. The summed E-state index contributed by atoms with van der Waals surface area (Å²) in [7, 11) is 0. The molecule has 1 atom stereocenters. The third kappa shape index (κ3) is 3.48. The summed E-state index contributed by atoms with van der Waals surface area (Å²) in [4.78, 5) is 22.2. The lowest BCUT2D eigenvalue weighted by atomic mass is 10.2. The Hall–Kier alpha value is -3.82. The van der Waals surface area contributed by atoms with Crippen molar-refractivity contribution in [1.82, 2.24) is 10.2 Å². The van der Waals surface area contributed by atoms with Crippen LogP contribution in [0, 0.1) is 15.3 Å². The topological polar surface area (TPSA) is 135 Å². The van der Waals surface area contributed by atoms with Gasteiger partial charge in [-0.15, -0.1) is 10.2 Å². The first-order chi connectivity index (χ1) is 12.5. The molecule has 0 aliphatic heterocycles. The van der Waals surface area contributed by atoms with Gasteiger partial charge in [0.2, 0.25) is 5.89 Å². The van der Waals surface area contributed by atoms with Crippen LogP contribution >= 0.6 is 0 Å². The molecule has 0 unspecified atom stereocenters. The zero-order chi connectivity index (χ0) is 18.7. The van der Waals surface area contributed by atoms with Gasteiger partial charge in [-0.05, 0) is 25.1 Å². The van der Waals surface area contributed by atoms with Gasteiger partial charge in [-0.25, -0.2) is 4.79 Å². The quantitative estimate of drug-likeness (QED) is 0.223. The molecule has 3 rings (SSSR count). The van der Waals surface area contributed by atoms with E-state index in [-0.39, 0.29) is 23.2 Å². The van der Waals surface area contributed by atoms with Crippen molar-refractivity contribution in [3.05, 3.63) is 75.6 Å². The highest BCUT2D eigenvalue weighted by atomic mass is 16.6. The number of nitro groups is 1. The van der Waals surface area contributed by atoms with Crippen molar-refractivity contribution in [3.8, 4) is 11.5 Å². The first-order valence-electron chi connectivity index (χ1n) is 7.43. The number of nitro benzene ring substituents is 1. The Morgan fingerprint density at radius 2 is 1.96 bits per heavy atom. The Bertz CT molecular complexity index is 953. The standard InChI is InChI=1S/C16H12N4O6/c1-10(25-16(21)13-4-2-3-9-19(13)22)14-17-18-15(26-14)11-5-7-12(8-6-11)20(23)24/h2-10H,1H3/t10-/m0/s1. The van der Waals surface area contributed by atoms with Crippen molar-refractivity contribution in [3.63, 3.8) is 0 Å². The second-order valence-electron chi connectivity index (χ2n) is 5.21. The molecule has 3 aromatic rings. The molecule has 0 aliphatic carbocycles. The van der Waals surface area contributed by atoms with Gasteiger partial charge < -0.3 is 14.4 Å². The molecule has 26 heavy (non-hydrogen) atoms. The van der Waals surface area contributed by atoms with Crippen LogP contribution in [-0.4, -0.2) is 21.1 Å². The van der Waals surface area contributed by atoms with Gasteiger partial charge in [-0.2, -0.15) is 4.73 Å². The summed E-state index contributed by atoms with van der Waals surface area (Å²) in [6.07, 6.45) is 0.294. The van der Waals surface area contributed by atoms with E-state index in [0.29, 0.717) is 10.3 Å². The summed E-state index contributed by atoms with van der Waals surface area (Å²) < 4.78 is 11.0. The molecule has 2 aromatic heterocycles. The number of ether oxygens (including phenoxy) is 1. The number of pyridine rings is 1. The van der Waals surface area contributed by atoms with E-state index in [1.807, 2.05) is 0 Å². The molecule has 0 saturated heterocycles. The molecular weight excluding hydrogens is 344 g/mol. The van der Waals surface area contributed by atoms with Crippen molar-refractivity contribution in [1.29, 1.82) is 0 Å². The van der Waals surface area contributed by atoms with Crippen molar-refractivity contribution in [2.75, 3.05) is 0 Å². The van der Waals surface area contributed by atoms with Gasteiger partial charge in [0.15, 0.2) is 12.3 Å². The van der Waals surface area contributed by atoms with E-state index in [1.165, 1.54) is 55.6 Å². The molecule has 0 aliphatic rings. The SMILES string of the molecule is C[C@H](OC(=O)c1cccc[n+]1[O-])c1nnc(-c2ccc([N+](=O)[O-])cc2)o1. The Labute approximate surface area is 146 Å². The van der Waals surface area contributed by atoms with Crippen LogP contribution in [0.2, 0.25) is 0 Å². The number of nitrogens with zero attached hydrogens (tertiary/aromatic N) is 4. The Morgan fingerprint density at radius 1 is 1.23 bits per heavy atom. The minimum atomic E-state index is -0.887. The summed E-state index contributed by atoms with van der Waals surface area (Å²) >= 11 is 0. The first-order valence-corrected chi connectivity index (χ1v) is 7.43. The fourth-order valence-corrected chi connectivity index (χ4v) is 2.10. The number of non-ortho nitro benzene ring substituents is 1. The molecule has 0 N–H and O–H groups in total. The van der Waals surface area contributed by atoms with Gasteiger partial charge in [0, 0.05) is 29.8 Å². The fourth-order valence-electron chi connectivity index (χ4n) is 2.10. The number of rotatable bonds is 5. The van der Waals surface area contributed by atoms with Gasteiger partial charge in [-0.1, -0.05) is 0 Å². The molecule has 132 valence electrons. The number of hydrogen-bond donors (Lipinski definition) is 0. The predicted octanol–water partition coefficient (Wildman–Crippen LogP) is 2.20. The number of esters is 1. The first kappa shape index (κ1) is 17.0. The highest BCUT2D eigenvalue weighted by Gasteiger charge is 2.24. The summed E-state index contributed by atoms with van der Waals surface area (Å²) in [6.45, 7) is 1.52. The van der Waals surface area contributed by atoms with Crippen LogP contribution in [0.5, 0.6) is 0 Å². The number of benzene rings is 1. The van der Waals surface area contributed by atoms with E-state index < -0.39 is 17.0 Å². The highest BCUT2D eigenvalue weighted by molar-refractivity contribution is 5.85. The van der Waals surface area contributed by atoms with Gasteiger partial charge in [0.05, 0.1) is 4.92 Å². The van der Waals surface area contributed by atoms with Gasteiger partial charge in [-0.3, -0.25) is 10.1 Å². The van der Waals surface area contributed by atoms with Crippen molar-refractivity contribution >= 4 is 11.7 Å². The molecule has 10 heteroatoms. The summed E-state index contributed by atoms with van der Waals surface area (Å²) in [5, 5.41) is 29.9. The van der Waals surface area contributed by atoms with Crippen molar-refractivity contribution in [2.24, 2.45) is 0 Å². The maximum Gasteiger partial charge on any atom is 0.405 e. The van der Waals surface area contributed by atoms with Gasteiger partial charge >= 0.3 is 11.7 Å².